The third-order valence-corrected chi connectivity index (χ3v) is 5.92. The van der Waals surface area contributed by atoms with Gasteiger partial charge >= 0.3 is 0 Å². The summed E-state index contributed by atoms with van der Waals surface area (Å²) in [5, 5.41) is 16.7. The number of hydrogen-bond acceptors (Lipinski definition) is 6. The Morgan fingerprint density at radius 1 is 0.879 bits per heavy atom. The van der Waals surface area contributed by atoms with Crippen molar-refractivity contribution >= 4 is 29.0 Å². The molecule has 0 saturated heterocycles. The van der Waals surface area contributed by atoms with Gasteiger partial charge in [-0.3, -0.25) is 9.78 Å². The number of methoxy groups -OCH3 is 1. The lowest BCUT2D eigenvalue weighted by Gasteiger charge is -2.18. The number of ether oxygens (including phenoxy) is 1. The van der Waals surface area contributed by atoms with Crippen molar-refractivity contribution in [1.82, 2.24) is 4.98 Å². The van der Waals surface area contributed by atoms with E-state index in [0.29, 0.717) is 28.3 Å². The van der Waals surface area contributed by atoms with Crippen LogP contribution in [-0.4, -0.2) is 23.1 Å². The second-order valence-corrected chi connectivity index (χ2v) is 8.28. The number of para-hydroxylation sites is 2. The maximum absolute atomic E-state index is 12.7. The van der Waals surface area contributed by atoms with Gasteiger partial charge in [0.1, 0.15) is 5.75 Å². The number of rotatable bonds is 8. The molecule has 1 unspecified atom stereocenters. The van der Waals surface area contributed by atoms with Gasteiger partial charge in [0.2, 0.25) is 0 Å². The number of benzene rings is 3. The van der Waals surface area contributed by atoms with Gasteiger partial charge in [0.15, 0.2) is 6.23 Å². The Morgan fingerprint density at radius 2 is 1.52 bits per heavy atom. The second-order valence-electron chi connectivity index (χ2n) is 7.13. The molecule has 0 radical (unpaired) electrons. The molecule has 6 nitrogen and oxygen atoms in total. The Balaban J connectivity index is 1.43. The standard InChI is InChI=1S/C26H23N3O3S/c1-32-20-10-6-18(7-11-20)25(30)28-23-4-2-3-5-24(23)29-26(31)19-8-12-21(13-9-19)33-22-14-16-27-17-15-22/h2-17,26,29,31H,1H3,(H,28,30). The number of anilines is 2. The highest BCUT2D eigenvalue weighted by Crippen LogP contribution is 2.30. The number of carbonyl (C=O) groups is 1. The van der Waals surface area contributed by atoms with Crippen molar-refractivity contribution in [2.24, 2.45) is 0 Å². The molecule has 33 heavy (non-hydrogen) atoms. The second kappa shape index (κ2) is 10.7. The highest BCUT2D eigenvalue weighted by molar-refractivity contribution is 7.99. The zero-order valence-corrected chi connectivity index (χ0v) is 18.8. The van der Waals surface area contributed by atoms with Gasteiger partial charge in [-0.05, 0) is 60.7 Å². The van der Waals surface area contributed by atoms with Crippen LogP contribution < -0.4 is 15.4 Å². The van der Waals surface area contributed by atoms with Crippen molar-refractivity contribution in [1.29, 1.82) is 0 Å². The van der Waals surface area contributed by atoms with E-state index in [9.17, 15) is 9.90 Å². The summed E-state index contributed by atoms with van der Waals surface area (Å²) < 4.78 is 5.14. The molecular formula is C26H23N3O3S. The van der Waals surface area contributed by atoms with E-state index >= 15 is 0 Å². The van der Waals surface area contributed by atoms with Gasteiger partial charge in [-0.2, -0.15) is 0 Å². The van der Waals surface area contributed by atoms with Crippen molar-refractivity contribution in [3.05, 3.63) is 108 Å². The Hall–Kier alpha value is -3.81. The molecule has 7 heteroatoms. The number of nitrogens with one attached hydrogen (secondary N) is 2. The van der Waals surface area contributed by atoms with Crippen LogP contribution in [0.2, 0.25) is 0 Å². The van der Waals surface area contributed by atoms with Gasteiger partial charge in [-0.15, -0.1) is 0 Å². The lowest BCUT2D eigenvalue weighted by Crippen LogP contribution is -2.15. The molecule has 4 aromatic rings. The Bertz CT molecular complexity index is 1200. The highest BCUT2D eigenvalue weighted by Gasteiger charge is 2.13. The third-order valence-electron chi connectivity index (χ3n) is 4.90. The molecule has 0 fully saturated rings. The van der Waals surface area contributed by atoms with Crippen LogP contribution in [0.1, 0.15) is 22.1 Å². The molecule has 1 amide bonds. The van der Waals surface area contributed by atoms with Crippen molar-refractivity contribution in [2.45, 2.75) is 16.0 Å². The number of carbonyl (C=O) groups excluding carboxylic acids is 1. The van der Waals surface area contributed by atoms with E-state index in [1.807, 2.05) is 48.5 Å². The number of aliphatic hydroxyl groups is 1. The van der Waals surface area contributed by atoms with Crippen molar-refractivity contribution in [3.8, 4) is 5.75 Å². The van der Waals surface area contributed by atoms with E-state index in [4.69, 9.17) is 4.74 Å². The molecule has 4 rings (SSSR count). The predicted molar refractivity (Wildman–Crippen MR) is 131 cm³/mol. The van der Waals surface area contributed by atoms with Gasteiger partial charge in [0, 0.05) is 33.3 Å². The predicted octanol–water partition coefficient (Wildman–Crippen LogP) is 5.60. The fraction of sp³-hybridized carbons (Fsp3) is 0.0769. The smallest absolute Gasteiger partial charge is 0.255 e. The quantitative estimate of drug-likeness (QED) is 0.299. The average Bonchev–Trinajstić information content (AvgIpc) is 2.86. The average molecular weight is 458 g/mol. The minimum Gasteiger partial charge on any atom is -0.497 e. The van der Waals surface area contributed by atoms with Crippen LogP contribution in [0.5, 0.6) is 5.75 Å². The van der Waals surface area contributed by atoms with Gasteiger partial charge in [-0.1, -0.05) is 36.0 Å². The SMILES string of the molecule is COc1ccc(C(=O)Nc2ccccc2NC(O)c2ccc(Sc3ccncc3)cc2)cc1. The zero-order chi connectivity index (χ0) is 23.0. The fourth-order valence-electron chi connectivity index (χ4n) is 3.15. The number of nitrogens with zero attached hydrogens (tertiary/aromatic N) is 1. The first-order valence-electron chi connectivity index (χ1n) is 10.3. The number of hydrogen-bond donors (Lipinski definition) is 3. The largest absolute Gasteiger partial charge is 0.497 e. The minimum absolute atomic E-state index is 0.251. The number of aromatic nitrogens is 1. The van der Waals surface area contributed by atoms with E-state index in [0.717, 1.165) is 9.79 Å². The minimum atomic E-state index is -0.941. The fourth-order valence-corrected chi connectivity index (χ4v) is 3.95. The summed E-state index contributed by atoms with van der Waals surface area (Å²) in [6, 6.07) is 25.7. The molecule has 0 aliphatic heterocycles. The highest BCUT2D eigenvalue weighted by atomic mass is 32.2. The Morgan fingerprint density at radius 3 is 2.18 bits per heavy atom. The molecule has 1 heterocycles. The summed E-state index contributed by atoms with van der Waals surface area (Å²) in [4.78, 5) is 18.8. The molecule has 0 saturated carbocycles. The monoisotopic (exact) mass is 457 g/mol. The van der Waals surface area contributed by atoms with Crippen LogP contribution in [0, 0.1) is 0 Å². The van der Waals surface area contributed by atoms with Gasteiger partial charge in [0.05, 0.1) is 18.5 Å². The molecule has 3 N–H and O–H groups in total. The third kappa shape index (κ3) is 5.91. The molecule has 1 aromatic heterocycles. The normalized spacial score (nSPS) is 11.5. The summed E-state index contributed by atoms with van der Waals surface area (Å²) in [6.07, 6.45) is 2.58. The molecule has 166 valence electrons. The van der Waals surface area contributed by atoms with Crippen molar-refractivity contribution in [3.63, 3.8) is 0 Å². The summed E-state index contributed by atoms with van der Waals surface area (Å²) in [5.41, 5.74) is 2.41. The molecule has 0 aliphatic carbocycles. The topological polar surface area (TPSA) is 83.5 Å². The van der Waals surface area contributed by atoms with Crippen molar-refractivity contribution < 1.29 is 14.6 Å². The maximum Gasteiger partial charge on any atom is 0.255 e. The first kappa shape index (κ1) is 22.4. The zero-order valence-electron chi connectivity index (χ0n) is 17.9. The van der Waals surface area contributed by atoms with Crippen LogP contribution in [0.25, 0.3) is 0 Å². The van der Waals surface area contributed by atoms with Crippen LogP contribution in [0.15, 0.2) is 107 Å². The summed E-state index contributed by atoms with van der Waals surface area (Å²) in [7, 11) is 1.58. The van der Waals surface area contributed by atoms with Gasteiger partial charge in [-0.25, -0.2) is 0 Å². The lowest BCUT2D eigenvalue weighted by atomic mass is 10.1. The van der Waals surface area contributed by atoms with Gasteiger partial charge in [0.25, 0.3) is 5.91 Å². The molecule has 1 atom stereocenters. The lowest BCUT2D eigenvalue weighted by molar-refractivity contribution is 0.102. The van der Waals surface area contributed by atoms with E-state index in [1.54, 1.807) is 67.7 Å². The van der Waals surface area contributed by atoms with Crippen molar-refractivity contribution in [2.75, 3.05) is 17.7 Å². The van der Waals surface area contributed by atoms with Crippen LogP contribution in [-0.2, 0) is 0 Å². The van der Waals surface area contributed by atoms with E-state index in [1.165, 1.54) is 0 Å². The summed E-state index contributed by atoms with van der Waals surface area (Å²) >= 11 is 1.62. The molecule has 0 bridgehead atoms. The summed E-state index contributed by atoms with van der Waals surface area (Å²) in [6.45, 7) is 0. The number of amides is 1. The maximum atomic E-state index is 12.7. The Kier molecular flexibility index (Phi) is 7.24. The molecule has 0 aliphatic rings. The molecule has 0 spiro atoms. The van der Waals surface area contributed by atoms with Crippen LogP contribution in [0.4, 0.5) is 11.4 Å². The van der Waals surface area contributed by atoms with E-state index in [2.05, 4.69) is 15.6 Å². The van der Waals surface area contributed by atoms with Crippen LogP contribution >= 0.6 is 11.8 Å². The first-order chi connectivity index (χ1) is 16.1. The van der Waals surface area contributed by atoms with Crippen LogP contribution in [0.3, 0.4) is 0 Å². The summed E-state index contributed by atoms with van der Waals surface area (Å²) in [5.74, 6) is 0.431. The number of pyridine rings is 1. The first-order valence-corrected chi connectivity index (χ1v) is 11.1. The molecular weight excluding hydrogens is 434 g/mol. The van der Waals surface area contributed by atoms with E-state index < -0.39 is 6.23 Å². The van der Waals surface area contributed by atoms with E-state index in [-0.39, 0.29) is 5.91 Å². The number of aliphatic hydroxyl groups excluding tert-OH is 1. The Labute approximate surface area is 196 Å². The molecule has 3 aromatic carbocycles. The van der Waals surface area contributed by atoms with Gasteiger partial charge < -0.3 is 20.5 Å².